The Labute approximate surface area is 174 Å². The second kappa shape index (κ2) is 11.4. The summed E-state index contributed by atoms with van der Waals surface area (Å²) in [7, 11) is 1.75. The second-order valence-electron chi connectivity index (χ2n) is 7.45. The van der Waals surface area contributed by atoms with Gasteiger partial charge >= 0.3 is 0 Å². The van der Waals surface area contributed by atoms with Crippen molar-refractivity contribution in [2.24, 2.45) is 0 Å². The third kappa shape index (κ3) is 6.47. The highest BCUT2D eigenvalue weighted by molar-refractivity contribution is 5.63. The lowest BCUT2D eigenvalue weighted by Crippen LogP contribution is -1.95. The molecule has 0 saturated carbocycles. The van der Waals surface area contributed by atoms with Crippen LogP contribution in [0.15, 0.2) is 55.0 Å². The van der Waals surface area contributed by atoms with E-state index in [9.17, 15) is 0 Å². The van der Waals surface area contributed by atoms with Crippen molar-refractivity contribution >= 4 is 0 Å². The molecule has 0 amide bonds. The predicted molar refractivity (Wildman–Crippen MR) is 119 cm³/mol. The van der Waals surface area contributed by atoms with Crippen LogP contribution in [0.2, 0.25) is 0 Å². The normalized spacial score (nSPS) is 11.0. The third-order valence-electron chi connectivity index (χ3n) is 5.11. The fourth-order valence-corrected chi connectivity index (χ4v) is 3.31. The van der Waals surface area contributed by atoms with Crippen LogP contribution in [-0.4, -0.2) is 28.7 Å². The van der Waals surface area contributed by atoms with Crippen LogP contribution in [-0.2, 0) is 17.6 Å². The quantitative estimate of drug-likeness (QED) is 0.383. The first-order chi connectivity index (χ1) is 14.3. The SMILES string of the molecule is CCCCc1ccc(-c2ccc(-c3ncc(CCCCCOC)cn3)cn2)cc1. The number of rotatable bonds is 11. The van der Waals surface area contributed by atoms with Crippen molar-refractivity contribution in [3.05, 3.63) is 66.1 Å². The summed E-state index contributed by atoms with van der Waals surface area (Å²) < 4.78 is 5.08. The molecule has 0 unspecified atom stereocenters. The first-order valence-corrected chi connectivity index (χ1v) is 10.7. The summed E-state index contributed by atoms with van der Waals surface area (Å²) in [6, 6.07) is 12.8. The van der Waals surface area contributed by atoms with Gasteiger partial charge in [-0.25, -0.2) is 9.97 Å². The lowest BCUT2D eigenvalue weighted by molar-refractivity contribution is 0.192. The van der Waals surface area contributed by atoms with Gasteiger partial charge in [0.2, 0.25) is 0 Å². The van der Waals surface area contributed by atoms with Gasteiger partial charge in [0.1, 0.15) is 0 Å². The Morgan fingerprint density at radius 1 is 0.690 bits per heavy atom. The number of unbranched alkanes of at least 4 members (excludes halogenated alkanes) is 3. The average Bonchev–Trinajstić information content (AvgIpc) is 2.78. The van der Waals surface area contributed by atoms with Crippen LogP contribution in [0, 0.1) is 0 Å². The van der Waals surface area contributed by atoms with Gasteiger partial charge in [-0.1, -0.05) is 44.0 Å². The maximum absolute atomic E-state index is 5.08. The summed E-state index contributed by atoms with van der Waals surface area (Å²) >= 11 is 0. The van der Waals surface area contributed by atoms with E-state index in [1.165, 1.54) is 30.4 Å². The zero-order valence-corrected chi connectivity index (χ0v) is 17.6. The molecule has 0 aliphatic rings. The fraction of sp³-hybridized carbons (Fsp3) is 0.400. The molecule has 0 radical (unpaired) electrons. The molecule has 0 atom stereocenters. The third-order valence-corrected chi connectivity index (χ3v) is 5.11. The maximum Gasteiger partial charge on any atom is 0.160 e. The smallest absolute Gasteiger partial charge is 0.160 e. The summed E-state index contributed by atoms with van der Waals surface area (Å²) in [5.41, 5.74) is 5.63. The van der Waals surface area contributed by atoms with Gasteiger partial charge in [0, 0.05) is 43.4 Å². The summed E-state index contributed by atoms with van der Waals surface area (Å²) in [5.74, 6) is 0.724. The van der Waals surface area contributed by atoms with Crippen molar-refractivity contribution in [3.8, 4) is 22.6 Å². The Morgan fingerprint density at radius 2 is 1.41 bits per heavy atom. The molecule has 152 valence electrons. The minimum atomic E-state index is 0.724. The molecule has 2 heterocycles. The lowest BCUT2D eigenvalue weighted by atomic mass is 10.0. The van der Waals surface area contributed by atoms with E-state index in [0.717, 1.165) is 54.9 Å². The van der Waals surface area contributed by atoms with Gasteiger partial charge in [-0.2, -0.15) is 0 Å². The molecule has 0 spiro atoms. The van der Waals surface area contributed by atoms with E-state index in [2.05, 4.69) is 46.1 Å². The van der Waals surface area contributed by atoms with Crippen LogP contribution >= 0.6 is 0 Å². The minimum Gasteiger partial charge on any atom is -0.385 e. The van der Waals surface area contributed by atoms with Crippen LogP contribution in [0.25, 0.3) is 22.6 Å². The van der Waals surface area contributed by atoms with Gasteiger partial charge in [0.25, 0.3) is 0 Å². The van der Waals surface area contributed by atoms with Crippen molar-refractivity contribution in [3.63, 3.8) is 0 Å². The first-order valence-electron chi connectivity index (χ1n) is 10.7. The van der Waals surface area contributed by atoms with Gasteiger partial charge < -0.3 is 4.74 Å². The van der Waals surface area contributed by atoms with Crippen molar-refractivity contribution in [2.75, 3.05) is 13.7 Å². The summed E-state index contributed by atoms with van der Waals surface area (Å²) in [4.78, 5) is 13.7. The number of pyridine rings is 1. The molecule has 4 nitrogen and oxygen atoms in total. The Morgan fingerprint density at radius 3 is 2.07 bits per heavy atom. The van der Waals surface area contributed by atoms with Crippen LogP contribution in [0.3, 0.4) is 0 Å². The molecule has 29 heavy (non-hydrogen) atoms. The topological polar surface area (TPSA) is 47.9 Å². The highest BCUT2D eigenvalue weighted by Gasteiger charge is 2.05. The Kier molecular flexibility index (Phi) is 8.32. The monoisotopic (exact) mass is 389 g/mol. The van der Waals surface area contributed by atoms with E-state index in [1.54, 1.807) is 7.11 Å². The number of ether oxygens (including phenoxy) is 1. The van der Waals surface area contributed by atoms with E-state index in [-0.39, 0.29) is 0 Å². The zero-order valence-electron chi connectivity index (χ0n) is 17.6. The number of methoxy groups -OCH3 is 1. The van der Waals surface area contributed by atoms with Gasteiger partial charge in [-0.15, -0.1) is 0 Å². The summed E-state index contributed by atoms with van der Waals surface area (Å²) in [6.07, 6.45) is 13.7. The van der Waals surface area contributed by atoms with Gasteiger partial charge in [0.05, 0.1) is 5.69 Å². The molecule has 0 N–H and O–H groups in total. The Bertz CT molecular complexity index is 843. The molecule has 0 bridgehead atoms. The fourth-order valence-electron chi connectivity index (χ4n) is 3.31. The van der Waals surface area contributed by atoms with Gasteiger partial charge in [-0.05, 0) is 55.4 Å². The van der Waals surface area contributed by atoms with E-state index in [1.807, 2.05) is 30.7 Å². The van der Waals surface area contributed by atoms with Gasteiger partial charge in [-0.3, -0.25) is 4.98 Å². The Balaban J connectivity index is 1.58. The first kappa shape index (κ1) is 21.1. The maximum atomic E-state index is 5.08. The molecule has 0 fully saturated rings. The average molecular weight is 390 g/mol. The Hall–Kier alpha value is -2.59. The van der Waals surface area contributed by atoms with Crippen LogP contribution in [0.5, 0.6) is 0 Å². The van der Waals surface area contributed by atoms with Crippen LogP contribution in [0.4, 0.5) is 0 Å². The van der Waals surface area contributed by atoms with Crippen molar-refractivity contribution in [1.82, 2.24) is 15.0 Å². The molecular formula is C25H31N3O. The standard InChI is InChI=1S/C25H31N3O/c1-3-4-8-20-10-12-22(13-11-20)24-15-14-23(19-26-24)25-27-17-21(18-28-25)9-6-5-7-16-29-2/h10-15,17-19H,3-9,16H2,1-2H3. The number of nitrogens with zero attached hydrogens (tertiary/aromatic N) is 3. The number of benzene rings is 1. The predicted octanol–water partition coefficient (Wildman–Crippen LogP) is 5.91. The lowest BCUT2D eigenvalue weighted by Gasteiger charge is -2.06. The minimum absolute atomic E-state index is 0.724. The van der Waals surface area contributed by atoms with E-state index in [4.69, 9.17) is 4.74 Å². The van der Waals surface area contributed by atoms with E-state index >= 15 is 0 Å². The second-order valence-corrected chi connectivity index (χ2v) is 7.45. The molecule has 0 saturated heterocycles. The molecule has 3 rings (SSSR count). The number of hydrogen-bond donors (Lipinski definition) is 0. The number of hydrogen-bond acceptors (Lipinski definition) is 4. The highest BCUT2D eigenvalue weighted by Crippen LogP contribution is 2.21. The number of aryl methyl sites for hydroxylation is 2. The molecular weight excluding hydrogens is 358 g/mol. The number of aromatic nitrogens is 3. The summed E-state index contributed by atoms with van der Waals surface area (Å²) in [6.45, 7) is 3.06. The van der Waals surface area contributed by atoms with Crippen molar-refractivity contribution in [1.29, 1.82) is 0 Å². The molecule has 0 aliphatic carbocycles. The molecule has 2 aromatic heterocycles. The van der Waals surface area contributed by atoms with E-state index < -0.39 is 0 Å². The molecule has 3 aromatic rings. The highest BCUT2D eigenvalue weighted by atomic mass is 16.5. The molecule has 0 aliphatic heterocycles. The zero-order chi connectivity index (χ0) is 20.3. The van der Waals surface area contributed by atoms with E-state index in [0.29, 0.717) is 0 Å². The molecule has 4 heteroatoms. The largest absolute Gasteiger partial charge is 0.385 e. The van der Waals surface area contributed by atoms with Gasteiger partial charge in [0.15, 0.2) is 5.82 Å². The van der Waals surface area contributed by atoms with Crippen LogP contribution in [0.1, 0.15) is 50.2 Å². The summed E-state index contributed by atoms with van der Waals surface area (Å²) in [5, 5.41) is 0. The van der Waals surface area contributed by atoms with Crippen LogP contribution < -0.4 is 0 Å². The molecule has 1 aromatic carbocycles. The van der Waals surface area contributed by atoms with Crippen molar-refractivity contribution in [2.45, 2.75) is 51.9 Å². The van der Waals surface area contributed by atoms with Crippen molar-refractivity contribution < 1.29 is 4.74 Å².